The molecule has 0 bridgehead atoms. The molecule has 19 heavy (non-hydrogen) atoms. The molecule has 0 aliphatic heterocycles. The van der Waals surface area contributed by atoms with Gasteiger partial charge in [0.1, 0.15) is 0 Å². The molecule has 1 aliphatic carbocycles. The highest BCUT2D eigenvalue weighted by Crippen LogP contribution is 2.53. The monoisotopic (exact) mass is 271 g/mol. The molecule has 0 spiro atoms. The van der Waals surface area contributed by atoms with Crippen LogP contribution >= 0.6 is 0 Å². The largest absolute Gasteiger partial charge is 0.493 e. The van der Waals surface area contributed by atoms with Crippen LogP contribution in [0, 0.1) is 0 Å². The van der Waals surface area contributed by atoms with E-state index in [0.29, 0.717) is 18.0 Å². The fraction of sp³-hybridized carbons (Fsp3) is 0.571. The summed E-state index contributed by atoms with van der Waals surface area (Å²) in [5.74, 6) is -2.08. The number of alkyl halides is 2. The summed E-state index contributed by atoms with van der Waals surface area (Å²) in [6.45, 7) is 1.30. The molecule has 2 N–H and O–H groups in total. The summed E-state index contributed by atoms with van der Waals surface area (Å²) in [5, 5.41) is 0. The number of nitrogens with two attached hydrogens (primary N) is 1. The predicted molar refractivity (Wildman–Crippen MR) is 69.1 cm³/mol. The van der Waals surface area contributed by atoms with Gasteiger partial charge in [0.2, 0.25) is 0 Å². The van der Waals surface area contributed by atoms with Gasteiger partial charge in [0.25, 0.3) is 5.92 Å². The van der Waals surface area contributed by atoms with E-state index in [0.717, 1.165) is 25.3 Å². The first-order valence-electron chi connectivity index (χ1n) is 6.23. The lowest BCUT2D eigenvalue weighted by Crippen LogP contribution is -2.22. The highest BCUT2D eigenvalue weighted by Gasteiger charge is 2.46. The van der Waals surface area contributed by atoms with Gasteiger partial charge in [0.05, 0.1) is 14.2 Å². The summed E-state index contributed by atoms with van der Waals surface area (Å²) in [4.78, 5) is 0. The number of halogens is 2. The van der Waals surface area contributed by atoms with Crippen LogP contribution in [0.2, 0.25) is 0 Å². The average Bonchev–Trinajstić information content (AvgIpc) is 3.16. The normalized spacial score (nSPS) is 17.2. The lowest BCUT2D eigenvalue weighted by atomic mass is 9.91. The number of hydrogen-bond acceptors (Lipinski definition) is 3. The van der Waals surface area contributed by atoms with Crippen LogP contribution < -0.4 is 15.2 Å². The Hall–Kier alpha value is -1.36. The number of rotatable bonds is 5. The molecule has 1 aliphatic rings. The number of methoxy groups -OCH3 is 2. The fourth-order valence-corrected chi connectivity index (χ4v) is 2.35. The first kappa shape index (κ1) is 14.1. The molecular weight excluding hydrogens is 252 g/mol. The van der Waals surface area contributed by atoms with Crippen LogP contribution in [0.4, 0.5) is 8.78 Å². The van der Waals surface area contributed by atoms with E-state index in [9.17, 15) is 8.78 Å². The standard InChI is InChI=1S/C14H19F2NO2/c1-13(15,16)9-6-10(14(8-17)4-5-14)12(19-3)11(7-9)18-2/h6-7H,4-5,8,17H2,1-3H3. The molecule has 1 fully saturated rings. The lowest BCUT2D eigenvalue weighted by molar-refractivity contribution is 0.0171. The highest BCUT2D eigenvalue weighted by atomic mass is 19.3. The summed E-state index contributed by atoms with van der Waals surface area (Å²) in [5.41, 5.74) is 6.22. The quantitative estimate of drug-likeness (QED) is 0.895. The molecule has 3 nitrogen and oxygen atoms in total. The van der Waals surface area contributed by atoms with Crippen LogP contribution in [0.15, 0.2) is 12.1 Å². The molecule has 2 rings (SSSR count). The zero-order valence-electron chi connectivity index (χ0n) is 11.4. The van der Waals surface area contributed by atoms with E-state index < -0.39 is 5.92 Å². The van der Waals surface area contributed by atoms with Crippen molar-refractivity contribution in [3.63, 3.8) is 0 Å². The van der Waals surface area contributed by atoms with Crippen molar-refractivity contribution < 1.29 is 18.3 Å². The molecule has 0 amide bonds. The maximum Gasteiger partial charge on any atom is 0.270 e. The summed E-state index contributed by atoms with van der Waals surface area (Å²) in [6.07, 6.45) is 1.78. The number of hydrogen-bond donors (Lipinski definition) is 1. The second-order valence-corrected chi connectivity index (χ2v) is 5.13. The Morgan fingerprint density at radius 3 is 2.26 bits per heavy atom. The first-order chi connectivity index (χ1) is 8.88. The summed E-state index contributed by atoms with van der Waals surface area (Å²) < 4.78 is 37.7. The minimum atomic E-state index is -2.92. The van der Waals surface area contributed by atoms with Gasteiger partial charge in [-0.2, -0.15) is 0 Å². The second kappa shape index (κ2) is 4.63. The average molecular weight is 271 g/mol. The smallest absolute Gasteiger partial charge is 0.270 e. The second-order valence-electron chi connectivity index (χ2n) is 5.13. The highest BCUT2D eigenvalue weighted by molar-refractivity contribution is 5.55. The molecular formula is C14H19F2NO2. The van der Waals surface area contributed by atoms with Crippen molar-refractivity contribution in [3.05, 3.63) is 23.3 Å². The predicted octanol–water partition coefficient (Wildman–Crippen LogP) is 2.81. The molecule has 1 aromatic carbocycles. The Morgan fingerprint density at radius 2 is 1.89 bits per heavy atom. The van der Waals surface area contributed by atoms with E-state index in [4.69, 9.17) is 15.2 Å². The van der Waals surface area contributed by atoms with E-state index in [-0.39, 0.29) is 11.0 Å². The minimum absolute atomic E-state index is 0.0696. The molecule has 1 saturated carbocycles. The van der Waals surface area contributed by atoms with Crippen LogP contribution in [-0.4, -0.2) is 20.8 Å². The third kappa shape index (κ3) is 2.39. The Morgan fingerprint density at radius 1 is 1.26 bits per heavy atom. The van der Waals surface area contributed by atoms with Crippen molar-refractivity contribution in [3.8, 4) is 11.5 Å². The van der Waals surface area contributed by atoms with Gasteiger partial charge in [-0.3, -0.25) is 0 Å². The van der Waals surface area contributed by atoms with Gasteiger partial charge in [-0.05, 0) is 25.0 Å². The Labute approximate surface area is 111 Å². The molecule has 0 atom stereocenters. The lowest BCUT2D eigenvalue weighted by Gasteiger charge is -2.22. The fourth-order valence-electron chi connectivity index (χ4n) is 2.35. The molecule has 5 heteroatoms. The van der Waals surface area contributed by atoms with E-state index in [1.54, 1.807) is 0 Å². The van der Waals surface area contributed by atoms with E-state index in [1.807, 2.05) is 0 Å². The molecule has 0 unspecified atom stereocenters. The van der Waals surface area contributed by atoms with Gasteiger partial charge in [-0.15, -0.1) is 0 Å². The minimum Gasteiger partial charge on any atom is -0.493 e. The molecule has 106 valence electrons. The van der Waals surface area contributed by atoms with Crippen LogP contribution in [0.5, 0.6) is 11.5 Å². The summed E-state index contributed by atoms with van der Waals surface area (Å²) in [7, 11) is 2.96. The SMILES string of the molecule is COc1cc(C(C)(F)F)cc(C2(CN)CC2)c1OC. The molecule has 0 radical (unpaired) electrons. The van der Waals surface area contributed by atoms with Gasteiger partial charge < -0.3 is 15.2 Å². The zero-order valence-corrected chi connectivity index (χ0v) is 11.4. The van der Waals surface area contributed by atoms with Gasteiger partial charge >= 0.3 is 0 Å². The van der Waals surface area contributed by atoms with Gasteiger partial charge in [-0.1, -0.05) is 0 Å². The Balaban J connectivity index is 2.62. The van der Waals surface area contributed by atoms with Crippen molar-refractivity contribution in [2.45, 2.75) is 31.1 Å². The van der Waals surface area contributed by atoms with Crippen molar-refractivity contribution in [1.82, 2.24) is 0 Å². The van der Waals surface area contributed by atoms with Crippen molar-refractivity contribution in [2.75, 3.05) is 20.8 Å². The first-order valence-corrected chi connectivity index (χ1v) is 6.23. The summed E-state index contributed by atoms with van der Waals surface area (Å²) in [6, 6.07) is 2.83. The van der Waals surface area contributed by atoms with E-state index in [2.05, 4.69) is 0 Å². The van der Waals surface area contributed by atoms with Gasteiger partial charge in [0, 0.05) is 30.0 Å². The zero-order chi connectivity index (χ0) is 14.3. The molecule has 1 aromatic rings. The third-order valence-corrected chi connectivity index (χ3v) is 3.80. The van der Waals surface area contributed by atoms with Gasteiger partial charge in [0.15, 0.2) is 11.5 Å². The summed E-state index contributed by atoms with van der Waals surface area (Å²) >= 11 is 0. The third-order valence-electron chi connectivity index (χ3n) is 3.80. The number of benzene rings is 1. The Kier molecular flexibility index (Phi) is 3.43. The van der Waals surface area contributed by atoms with Crippen LogP contribution in [-0.2, 0) is 11.3 Å². The van der Waals surface area contributed by atoms with Crippen molar-refractivity contribution in [1.29, 1.82) is 0 Å². The maximum absolute atomic E-state index is 13.6. The van der Waals surface area contributed by atoms with Crippen LogP contribution in [0.3, 0.4) is 0 Å². The molecule has 0 heterocycles. The van der Waals surface area contributed by atoms with Crippen LogP contribution in [0.25, 0.3) is 0 Å². The Bertz CT molecular complexity index is 479. The van der Waals surface area contributed by atoms with Crippen LogP contribution in [0.1, 0.15) is 30.9 Å². The molecule has 0 aromatic heterocycles. The maximum atomic E-state index is 13.6. The number of ether oxygens (including phenoxy) is 2. The molecule has 0 saturated heterocycles. The van der Waals surface area contributed by atoms with Gasteiger partial charge in [-0.25, -0.2) is 8.78 Å². The topological polar surface area (TPSA) is 44.5 Å². The van der Waals surface area contributed by atoms with E-state index >= 15 is 0 Å². The van der Waals surface area contributed by atoms with Crippen molar-refractivity contribution >= 4 is 0 Å². The van der Waals surface area contributed by atoms with Crippen molar-refractivity contribution in [2.24, 2.45) is 5.73 Å². The van der Waals surface area contributed by atoms with E-state index in [1.165, 1.54) is 26.4 Å².